The van der Waals surface area contributed by atoms with Crippen LogP contribution in [0.4, 0.5) is 0 Å². The van der Waals surface area contributed by atoms with E-state index in [1.807, 2.05) is 13.8 Å². The number of aliphatic hydroxyl groups excluding tert-OH is 1. The molecule has 3 atom stereocenters. The summed E-state index contributed by atoms with van der Waals surface area (Å²) in [6, 6.07) is 0. The van der Waals surface area contributed by atoms with Gasteiger partial charge in [0.05, 0.1) is 17.9 Å². The van der Waals surface area contributed by atoms with Gasteiger partial charge in [0.2, 0.25) is 5.91 Å². The second-order valence-corrected chi connectivity index (χ2v) is 5.39. The standard InChI is InChI=1S/C13H23NO4/c1-8(2)11(15)7-14-12(16)9-5-3-4-6-10(9)13(17)18/h8-11,15H,3-7H2,1-2H3,(H,14,16)(H,17,18). The van der Waals surface area contributed by atoms with Crippen molar-refractivity contribution in [3.05, 3.63) is 0 Å². The summed E-state index contributed by atoms with van der Waals surface area (Å²) in [5.41, 5.74) is 0. The third-order valence-electron chi connectivity index (χ3n) is 3.67. The fraction of sp³-hybridized carbons (Fsp3) is 0.846. The lowest BCUT2D eigenvalue weighted by molar-refractivity contribution is -0.149. The van der Waals surface area contributed by atoms with Crippen LogP contribution in [0, 0.1) is 17.8 Å². The number of aliphatic carboxylic acids is 1. The summed E-state index contributed by atoms with van der Waals surface area (Å²) >= 11 is 0. The van der Waals surface area contributed by atoms with Gasteiger partial charge in [0.15, 0.2) is 0 Å². The van der Waals surface area contributed by atoms with E-state index in [0.717, 1.165) is 12.8 Å². The molecule has 0 bridgehead atoms. The van der Waals surface area contributed by atoms with E-state index in [4.69, 9.17) is 5.11 Å². The Balaban J connectivity index is 2.51. The normalized spacial score (nSPS) is 25.8. The summed E-state index contributed by atoms with van der Waals surface area (Å²) in [6.07, 6.45) is 2.38. The van der Waals surface area contributed by atoms with Crippen LogP contribution >= 0.6 is 0 Å². The Kier molecular flexibility index (Phi) is 5.59. The van der Waals surface area contributed by atoms with E-state index >= 15 is 0 Å². The molecular formula is C13H23NO4. The Labute approximate surface area is 108 Å². The first kappa shape index (κ1) is 15.0. The van der Waals surface area contributed by atoms with Gasteiger partial charge in [-0.3, -0.25) is 9.59 Å². The van der Waals surface area contributed by atoms with Gasteiger partial charge in [-0.05, 0) is 18.8 Å². The molecule has 3 unspecified atom stereocenters. The zero-order valence-electron chi connectivity index (χ0n) is 11.1. The highest BCUT2D eigenvalue weighted by molar-refractivity contribution is 5.84. The number of nitrogens with one attached hydrogen (secondary N) is 1. The summed E-state index contributed by atoms with van der Waals surface area (Å²) < 4.78 is 0. The van der Waals surface area contributed by atoms with E-state index in [-0.39, 0.29) is 18.4 Å². The molecule has 18 heavy (non-hydrogen) atoms. The number of rotatable bonds is 5. The summed E-state index contributed by atoms with van der Waals surface area (Å²) in [5.74, 6) is -2.07. The molecule has 5 nitrogen and oxygen atoms in total. The predicted octanol–water partition coefficient (Wildman–Crippen LogP) is 1.01. The van der Waals surface area contributed by atoms with Crippen molar-refractivity contribution < 1.29 is 19.8 Å². The Hall–Kier alpha value is -1.10. The molecule has 0 aromatic carbocycles. The van der Waals surface area contributed by atoms with Crippen LogP contribution in [-0.4, -0.2) is 34.7 Å². The Morgan fingerprint density at radius 1 is 1.22 bits per heavy atom. The largest absolute Gasteiger partial charge is 0.481 e. The van der Waals surface area contributed by atoms with Crippen molar-refractivity contribution in [2.24, 2.45) is 17.8 Å². The van der Waals surface area contributed by atoms with Crippen molar-refractivity contribution in [1.82, 2.24) is 5.32 Å². The minimum Gasteiger partial charge on any atom is -0.481 e. The lowest BCUT2D eigenvalue weighted by Crippen LogP contribution is -2.43. The maximum atomic E-state index is 12.0. The molecule has 104 valence electrons. The van der Waals surface area contributed by atoms with Crippen molar-refractivity contribution in [2.45, 2.75) is 45.6 Å². The number of hydrogen-bond acceptors (Lipinski definition) is 3. The minimum absolute atomic E-state index is 0.0759. The molecule has 0 heterocycles. The maximum absolute atomic E-state index is 12.0. The van der Waals surface area contributed by atoms with Crippen molar-refractivity contribution in [1.29, 1.82) is 0 Å². The molecular weight excluding hydrogens is 234 g/mol. The summed E-state index contributed by atoms with van der Waals surface area (Å²) in [4.78, 5) is 23.0. The molecule has 1 amide bonds. The van der Waals surface area contributed by atoms with E-state index in [0.29, 0.717) is 12.8 Å². The molecule has 0 spiro atoms. The van der Waals surface area contributed by atoms with Crippen LogP contribution in [0.3, 0.4) is 0 Å². The van der Waals surface area contributed by atoms with E-state index in [1.165, 1.54) is 0 Å². The number of carbonyl (C=O) groups excluding carboxylic acids is 1. The lowest BCUT2D eigenvalue weighted by atomic mass is 9.78. The molecule has 0 aromatic heterocycles. The molecule has 1 aliphatic carbocycles. The van der Waals surface area contributed by atoms with Crippen LogP contribution in [-0.2, 0) is 9.59 Å². The topological polar surface area (TPSA) is 86.6 Å². The third kappa shape index (κ3) is 3.98. The van der Waals surface area contributed by atoms with Gasteiger partial charge in [0, 0.05) is 6.54 Å². The maximum Gasteiger partial charge on any atom is 0.307 e. The second-order valence-electron chi connectivity index (χ2n) is 5.39. The number of amides is 1. The van der Waals surface area contributed by atoms with Crippen LogP contribution in [0.5, 0.6) is 0 Å². The van der Waals surface area contributed by atoms with Gasteiger partial charge >= 0.3 is 5.97 Å². The molecule has 1 rings (SSSR count). The van der Waals surface area contributed by atoms with Gasteiger partial charge in [-0.1, -0.05) is 26.7 Å². The fourth-order valence-corrected chi connectivity index (χ4v) is 2.31. The number of carbonyl (C=O) groups is 2. The van der Waals surface area contributed by atoms with E-state index in [9.17, 15) is 14.7 Å². The number of hydrogen-bond donors (Lipinski definition) is 3. The zero-order chi connectivity index (χ0) is 13.7. The molecule has 0 aromatic rings. The number of carboxylic acids is 1. The Bertz CT molecular complexity index is 303. The first-order valence-corrected chi connectivity index (χ1v) is 6.62. The fourth-order valence-electron chi connectivity index (χ4n) is 2.31. The van der Waals surface area contributed by atoms with Crippen LogP contribution in [0.25, 0.3) is 0 Å². The van der Waals surface area contributed by atoms with Crippen molar-refractivity contribution in [2.75, 3.05) is 6.54 Å². The number of carboxylic acid groups (broad SMARTS) is 1. The van der Waals surface area contributed by atoms with E-state index in [1.54, 1.807) is 0 Å². The van der Waals surface area contributed by atoms with Crippen molar-refractivity contribution in [3.8, 4) is 0 Å². The highest BCUT2D eigenvalue weighted by Gasteiger charge is 2.35. The molecule has 0 radical (unpaired) electrons. The summed E-state index contributed by atoms with van der Waals surface area (Å²) in [5, 5.41) is 21.4. The second kappa shape index (κ2) is 6.73. The molecule has 0 saturated heterocycles. The SMILES string of the molecule is CC(C)C(O)CNC(=O)C1CCCCC1C(=O)O. The Morgan fingerprint density at radius 2 is 1.78 bits per heavy atom. The van der Waals surface area contributed by atoms with E-state index < -0.39 is 23.9 Å². The van der Waals surface area contributed by atoms with Gasteiger partial charge in [0.1, 0.15) is 0 Å². The van der Waals surface area contributed by atoms with Crippen LogP contribution in [0.1, 0.15) is 39.5 Å². The van der Waals surface area contributed by atoms with E-state index in [2.05, 4.69) is 5.32 Å². The molecule has 1 saturated carbocycles. The molecule has 1 fully saturated rings. The van der Waals surface area contributed by atoms with Gasteiger partial charge in [0.25, 0.3) is 0 Å². The average molecular weight is 257 g/mol. The first-order valence-electron chi connectivity index (χ1n) is 6.62. The summed E-state index contributed by atoms with van der Waals surface area (Å²) in [6.45, 7) is 3.94. The van der Waals surface area contributed by atoms with Crippen LogP contribution < -0.4 is 5.32 Å². The first-order chi connectivity index (χ1) is 8.43. The Morgan fingerprint density at radius 3 is 2.28 bits per heavy atom. The summed E-state index contributed by atoms with van der Waals surface area (Å²) in [7, 11) is 0. The third-order valence-corrected chi connectivity index (χ3v) is 3.67. The highest BCUT2D eigenvalue weighted by Crippen LogP contribution is 2.30. The predicted molar refractivity (Wildman–Crippen MR) is 66.9 cm³/mol. The molecule has 3 N–H and O–H groups in total. The zero-order valence-corrected chi connectivity index (χ0v) is 11.1. The lowest BCUT2D eigenvalue weighted by Gasteiger charge is -2.28. The minimum atomic E-state index is -0.890. The van der Waals surface area contributed by atoms with Gasteiger partial charge < -0.3 is 15.5 Å². The van der Waals surface area contributed by atoms with Gasteiger partial charge in [-0.25, -0.2) is 0 Å². The quantitative estimate of drug-likeness (QED) is 0.686. The smallest absolute Gasteiger partial charge is 0.307 e. The molecule has 0 aliphatic heterocycles. The highest BCUT2D eigenvalue weighted by atomic mass is 16.4. The average Bonchev–Trinajstić information content (AvgIpc) is 2.35. The van der Waals surface area contributed by atoms with Crippen molar-refractivity contribution >= 4 is 11.9 Å². The van der Waals surface area contributed by atoms with Gasteiger partial charge in [-0.15, -0.1) is 0 Å². The molecule has 1 aliphatic rings. The van der Waals surface area contributed by atoms with Crippen molar-refractivity contribution in [3.63, 3.8) is 0 Å². The molecule has 5 heteroatoms. The monoisotopic (exact) mass is 257 g/mol. The number of aliphatic hydroxyl groups is 1. The van der Waals surface area contributed by atoms with Crippen LogP contribution in [0.2, 0.25) is 0 Å². The van der Waals surface area contributed by atoms with Gasteiger partial charge in [-0.2, -0.15) is 0 Å². The van der Waals surface area contributed by atoms with Crippen LogP contribution in [0.15, 0.2) is 0 Å².